The predicted molar refractivity (Wildman–Crippen MR) is 76.5 cm³/mol. The zero-order chi connectivity index (χ0) is 13.9. The molecule has 0 unspecified atom stereocenters. The largest absolute Gasteiger partial charge is 0.316 e. The minimum atomic E-state index is -3.38. The molecule has 1 aliphatic carbocycles. The molecule has 1 aliphatic rings. The number of aryl methyl sites for hydroxylation is 1. The molecule has 106 valence electrons. The molecule has 1 fully saturated rings. The third-order valence-corrected chi connectivity index (χ3v) is 5.21. The van der Waals surface area contributed by atoms with E-state index in [1.165, 1.54) is 0 Å². The molecule has 2 rings (SSSR count). The molecular formula is C14H22N2O2S. The summed E-state index contributed by atoms with van der Waals surface area (Å²) in [6.07, 6.45) is 3.75. The fourth-order valence-corrected chi connectivity index (χ4v) is 3.93. The van der Waals surface area contributed by atoms with E-state index in [9.17, 15) is 8.42 Å². The summed E-state index contributed by atoms with van der Waals surface area (Å²) in [4.78, 5) is 0.439. The Hall–Kier alpha value is -0.910. The first-order valence-electron chi connectivity index (χ1n) is 6.85. The van der Waals surface area contributed by atoms with Crippen molar-refractivity contribution >= 4 is 10.0 Å². The van der Waals surface area contributed by atoms with Gasteiger partial charge in [0.1, 0.15) is 0 Å². The Morgan fingerprint density at radius 1 is 1.32 bits per heavy atom. The van der Waals surface area contributed by atoms with Crippen LogP contribution in [0.3, 0.4) is 0 Å². The molecule has 19 heavy (non-hydrogen) atoms. The van der Waals surface area contributed by atoms with E-state index in [1.807, 2.05) is 26.1 Å². The molecule has 1 aromatic rings. The highest BCUT2D eigenvalue weighted by Gasteiger charge is 2.26. The summed E-state index contributed by atoms with van der Waals surface area (Å²) in [5, 5.41) is 3.05. The standard InChI is InChI=1S/C14H22N2O2S/c1-3-12-8-7-11(10-15-2)9-14(12)19(17,18)16-13-5-4-6-13/h7-9,13,15-16H,3-6,10H2,1-2H3. The molecule has 1 saturated carbocycles. The molecule has 0 atom stereocenters. The second-order valence-corrected chi connectivity index (χ2v) is 6.76. The van der Waals surface area contributed by atoms with E-state index < -0.39 is 10.0 Å². The van der Waals surface area contributed by atoms with Crippen molar-refractivity contribution in [3.05, 3.63) is 29.3 Å². The molecule has 0 bridgehead atoms. The third kappa shape index (κ3) is 3.35. The molecule has 0 radical (unpaired) electrons. The van der Waals surface area contributed by atoms with Crippen molar-refractivity contribution in [1.29, 1.82) is 0 Å². The van der Waals surface area contributed by atoms with E-state index in [1.54, 1.807) is 6.07 Å². The molecule has 0 aromatic heterocycles. The summed E-state index contributed by atoms with van der Waals surface area (Å²) in [5.41, 5.74) is 1.88. The lowest BCUT2D eigenvalue weighted by Crippen LogP contribution is -2.39. The first kappa shape index (κ1) is 14.5. The summed E-state index contributed by atoms with van der Waals surface area (Å²) in [6, 6.07) is 5.82. The van der Waals surface area contributed by atoms with Crippen LogP contribution in [0.4, 0.5) is 0 Å². The Kier molecular flexibility index (Phi) is 4.60. The van der Waals surface area contributed by atoms with Crippen molar-refractivity contribution in [1.82, 2.24) is 10.0 Å². The highest BCUT2D eigenvalue weighted by atomic mass is 32.2. The lowest BCUT2D eigenvalue weighted by atomic mass is 9.94. The van der Waals surface area contributed by atoms with Gasteiger partial charge in [-0.25, -0.2) is 13.1 Å². The molecule has 0 aliphatic heterocycles. The number of hydrogen-bond acceptors (Lipinski definition) is 3. The van der Waals surface area contributed by atoms with Crippen molar-refractivity contribution in [2.24, 2.45) is 0 Å². The highest BCUT2D eigenvalue weighted by Crippen LogP contribution is 2.23. The number of rotatable bonds is 6. The quantitative estimate of drug-likeness (QED) is 0.836. The normalized spacial score (nSPS) is 16.3. The lowest BCUT2D eigenvalue weighted by Gasteiger charge is -2.26. The van der Waals surface area contributed by atoms with Crippen LogP contribution in [-0.4, -0.2) is 21.5 Å². The van der Waals surface area contributed by atoms with Gasteiger partial charge in [0.15, 0.2) is 0 Å². The zero-order valence-corrected chi connectivity index (χ0v) is 12.4. The number of sulfonamides is 1. The fraction of sp³-hybridized carbons (Fsp3) is 0.571. The third-order valence-electron chi connectivity index (χ3n) is 3.61. The van der Waals surface area contributed by atoms with Crippen LogP contribution in [0.5, 0.6) is 0 Å². The van der Waals surface area contributed by atoms with Crippen LogP contribution in [-0.2, 0) is 23.0 Å². The maximum Gasteiger partial charge on any atom is 0.241 e. The Morgan fingerprint density at radius 3 is 2.58 bits per heavy atom. The van der Waals surface area contributed by atoms with Gasteiger partial charge in [0.25, 0.3) is 0 Å². The summed E-state index contributed by atoms with van der Waals surface area (Å²) >= 11 is 0. The second kappa shape index (κ2) is 6.03. The van der Waals surface area contributed by atoms with Gasteiger partial charge in [-0.1, -0.05) is 25.5 Å². The minimum Gasteiger partial charge on any atom is -0.316 e. The van der Waals surface area contributed by atoms with Gasteiger partial charge in [0.05, 0.1) is 4.90 Å². The van der Waals surface area contributed by atoms with Crippen LogP contribution < -0.4 is 10.0 Å². The van der Waals surface area contributed by atoms with E-state index in [4.69, 9.17) is 0 Å². The van der Waals surface area contributed by atoms with Crippen molar-refractivity contribution in [2.75, 3.05) is 7.05 Å². The fourth-order valence-electron chi connectivity index (χ4n) is 2.26. The monoisotopic (exact) mass is 282 g/mol. The Bertz CT molecular complexity index is 536. The van der Waals surface area contributed by atoms with Gasteiger partial charge in [-0.2, -0.15) is 0 Å². The Labute approximate surface area is 115 Å². The Morgan fingerprint density at radius 2 is 2.05 bits per heavy atom. The van der Waals surface area contributed by atoms with Gasteiger partial charge in [-0.05, 0) is 43.5 Å². The molecule has 4 nitrogen and oxygen atoms in total. The lowest BCUT2D eigenvalue weighted by molar-refractivity contribution is 0.383. The van der Waals surface area contributed by atoms with Gasteiger partial charge >= 0.3 is 0 Å². The van der Waals surface area contributed by atoms with Crippen LogP contribution in [0.1, 0.15) is 37.3 Å². The first-order valence-corrected chi connectivity index (χ1v) is 8.34. The molecule has 1 aromatic carbocycles. The molecule has 0 amide bonds. The molecule has 5 heteroatoms. The average molecular weight is 282 g/mol. The maximum absolute atomic E-state index is 12.4. The van der Waals surface area contributed by atoms with E-state index in [0.29, 0.717) is 11.4 Å². The van der Waals surface area contributed by atoms with Crippen LogP contribution in [0.25, 0.3) is 0 Å². The topological polar surface area (TPSA) is 58.2 Å². The summed E-state index contributed by atoms with van der Waals surface area (Å²) in [7, 11) is -1.53. The van der Waals surface area contributed by atoms with Crippen molar-refractivity contribution in [3.63, 3.8) is 0 Å². The smallest absolute Gasteiger partial charge is 0.241 e. The molecule has 0 spiro atoms. The van der Waals surface area contributed by atoms with E-state index in [2.05, 4.69) is 10.0 Å². The SMILES string of the molecule is CCc1ccc(CNC)cc1S(=O)(=O)NC1CCC1. The van der Waals surface area contributed by atoms with Crippen LogP contribution in [0.15, 0.2) is 23.1 Å². The molecule has 0 heterocycles. The van der Waals surface area contributed by atoms with Gasteiger partial charge < -0.3 is 5.32 Å². The van der Waals surface area contributed by atoms with Crippen molar-refractivity contribution in [3.8, 4) is 0 Å². The minimum absolute atomic E-state index is 0.127. The molecular weight excluding hydrogens is 260 g/mol. The van der Waals surface area contributed by atoms with Gasteiger partial charge in [0.2, 0.25) is 10.0 Å². The first-order chi connectivity index (χ1) is 9.06. The van der Waals surface area contributed by atoms with Crippen LogP contribution in [0, 0.1) is 0 Å². The highest BCUT2D eigenvalue weighted by molar-refractivity contribution is 7.89. The van der Waals surface area contributed by atoms with Gasteiger partial charge in [-0.15, -0.1) is 0 Å². The van der Waals surface area contributed by atoms with Crippen molar-refractivity contribution in [2.45, 2.75) is 50.1 Å². The van der Waals surface area contributed by atoms with E-state index >= 15 is 0 Å². The average Bonchev–Trinajstić information content (AvgIpc) is 2.34. The zero-order valence-electron chi connectivity index (χ0n) is 11.6. The predicted octanol–water partition coefficient (Wildman–Crippen LogP) is 1.80. The van der Waals surface area contributed by atoms with Gasteiger partial charge in [0, 0.05) is 12.6 Å². The molecule has 0 saturated heterocycles. The summed E-state index contributed by atoms with van der Waals surface area (Å²) in [5.74, 6) is 0. The van der Waals surface area contributed by atoms with E-state index in [0.717, 1.165) is 36.8 Å². The maximum atomic E-state index is 12.4. The number of hydrogen-bond donors (Lipinski definition) is 2. The Balaban J connectivity index is 2.31. The van der Waals surface area contributed by atoms with Crippen molar-refractivity contribution < 1.29 is 8.42 Å². The van der Waals surface area contributed by atoms with Crippen LogP contribution in [0.2, 0.25) is 0 Å². The van der Waals surface area contributed by atoms with Crippen LogP contribution >= 0.6 is 0 Å². The number of nitrogens with one attached hydrogen (secondary N) is 2. The van der Waals surface area contributed by atoms with Gasteiger partial charge in [-0.3, -0.25) is 0 Å². The van der Waals surface area contributed by atoms with E-state index in [-0.39, 0.29) is 6.04 Å². The molecule has 2 N–H and O–H groups in total. The summed E-state index contributed by atoms with van der Waals surface area (Å²) < 4.78 is 27.7. The second-order valence-electron chi connectivity index (χ2n) is 5.08. The number of benzene rings is 1. The summed E-state index contributed by atoms with van der Waals surface area (Å²) in [6.45, 7) is 2.66.